The molecule has 0 saturated heterocycles. The number of hydrogen-bond acceptors (Lipinski definition) is 1. The Morgan fingerprint density at radius 1 is 1.27 bits per heavy atom. The molecule has 80 valence electrons. The van der Waals surface area contributed by atoms with Gasteiger partial charge in [-0.3, -0.25) is 0 Å². The average molecular weight is 201 g/mol. The lowest BCUT2D eigenvalue weighted by Crippen LogP contribution is -2.22. The number of allylic oxidation sites excluding steroid dienone is 1. The standard InChI is InChI=1S/C14H19N/c1-2-15-14(13-10-6-7-11-13)12-8-4-3-5-9-12/h3-5,8-10,14-15H,2,6-7,11H2,1H3. The number of rotatable bonds is 4. The average Bonchev–Trinajstić information content (AvgIpc) is 2.80. The summed E-state index contributed by atoms with van der Waals surface area (Å²) in [5.41, 5.74) is 2.97. The highest BCUT2D eigenvalue weighted by molar-refractivity contribution is 5.29. The van der Waals surface area contributed by atoms with Gasteiger partial charge >= 0.3 is 0 Å². The summed E-state index contributed by atoms with van der Waals surface area (Å²) in [5, 5.41) is 3.57. The van der Waals surface area contributed by atoms with Crippen LogP contribution in [0.1, 0.15) is 37.8 Å². The summed E-state index contributed by atoms with van der Waals surface area (Å²) < 4.78 is 0. The van der Waals surface area contributed by atoms with Crippen LogP contribution in [0.5, 0.6) is 0 Å². The predicted molar refractivity (Wildman–Crippen MR) is 64.8 cm³/mol. The molecule has 1 unspecified atom stereocenters. The molecule has 1 aliphatic carbocycles. The van der Waals surface area contributed by atoms with Crippen molar-refractivity contribution in [3.05, 3.63) is 47.5 Å². The molecule has 1 heteroatoms. The van der Waals surface area contributed by atoms with E-state index < -0.39 is 0 Å². The van der Waals surface area contributed by atoms with E-state index in [1.807, 2.05) is 0 Å². The molecule has 15 heavy (non-hydrogen) atoms. The molecule has 0 aliphatic heterocycles. The van der Waals surface area contributed by atoms with E-state index in [0.717, 1.165) is 6.54 Å². The number of hydrogen-bond donors (Lipinski definition) is 1. The van der Waals surface area contributed by atoms with Crippen molar-refractivity contribution < 1.29 is 0 Å². The number of nitrogens with one attached hydrogen (secondary N) is 1. The third-order valence-electron chi connectivity index (χ3n) is 2.99. The molecule has 0 heterocycles. The minimum Gasteiger partial charge on any atom is -0.307 e. The Balaban J connectivity index is 2.19. The highest BCUT2D eigenvalue weighted by Crippen LogP contribution is 2.30. The Morgan fingerprint density at radius 2 is 2.07 bits per heavy atom. The summed E-state index contributed by atoms with van der Waals surface area (Å²) in [6.45, 7) is 3.20. The Bertz CT molecular complexity index is 326. The van der Waals surface area contributed by atoms with Gasteiger partial charge < -0.3 is 5.32 Å². The number of benzene rings is 1. The molecule has 0 radical (unpaired) electrons. The van der Waals surface area contributed by atoms with Crippen molar-refractivity contribution in [1.29, 1.82) is 0 Å². The monoisotopic (exact) mass is 201 g/mol. The minimum absolute atomic E-state index is 0.443. The summed E-state index contributed by atoms with van der Waals surface area (Å²) in [6.07, 6.45) is 6.24. The molecule has 1 aliphatic rings. The van der Waals surface area contributed by atoms with Crippen LogP contribution in [0.2, 0.25) is 0 Å². The Hall–Kier alpha value is -1.08. The molecule has 1 N–H and O–H groups in total. The third-order valence-corrected chi connectivity index (χ3v) is 2.99. The fraction of sp³-hybridized carbons (Fsp3) is 0.429. The zero-order chi connectivity index (χ0) is 10.5. The second kappa shape index (κ2) is 5.13. The van der Waals surface area contributed by atoms with Crippen LogP contribution in [0.4, 0.5) is 0 Å². The topological polar surface area (TPSA) is 12.0 Å². The highest BCUT2D eigenvalue weighted by atomic mass is 14.9. The first-order valence-electron chi connectivity index (χ1n) is 5.89. The lowest BCUT2D eigenvalue weighted by Gasteiger charge is -2.19. The Kier molecular flexibility index (Phi) is 3.57. The smallest absolute Gasteiger partial charge is 0.0535 e. The van der Waals surface area contributed by atoms with Crippen molar-refractivity contribution in [2.45, 2.75) is 32.2 Å². The largest absolute Gasteiger partial charge is 0.307 e. The third kappa shape index (κ3) is 2.48. The molecule has 0 bridgehead atoms. The van der Waals surface area contributed by atoms with E-state index in [1.165, 1.54) is 24.8 Å². The second-order valence-corrected chi connectivity index (χ2v) is 4.07. The van der Waals surface area contributed by atoms with Gasteiger partial charge in [0.05, 0.1) is 6.04 Å². The molecule has 0 spiro atoms. The summed E-state index contributed by atoms with van der Waals surface area (Å²) in [4.78, 5) is 0. The Labute approximate surface area is 92.2 Å². The normalized spacial score (nSPS) is 17.5. The van der Waals surface area contributed by atoms with E-state index in [9.17, 15) is 0 Å². The van der Waals surface area contributed by atoms with Gasteiger partial charge in [-0.05, 0) is 31.4 Å². The van der Waals surface area contributed by atoms with E-state index in [1.54, 1.807) is 5.57 Å². The van der Waals surface area contributed by atoms with Gasteiger partial charge in [-0.2, -0.15) is 0 Å². The van der Waals surface area contributed by atoms with Crippen LogP contribution in [0.15, 0.2) is 42.0 Å². The summed E-state index contributed by atoms with van der Waals surface area (Å²) in [7, 11) is 0. The molecule has 0 fully saturated rings. The lowest BCUT2D eigenvalue weighted by molar-refractivity contribution is 0.605. The molecule has 1 nitrogen and oxygen atoms in total. The van der Waals surface area contributed by atoms with Crippen LogP contribution < -0.4 is 5.32 Å². The molecule has 2 rings (SSSR count). The lowest BCUT2D eigenvalue weighted by atomic mass is 9.98. The van der Waals surface area contributed by atoms with E-state index >= 15 is 0 Å². The Morgan fingerprint density at radius 3 is 2.67 bits per heavy atom. The highest BCUT2D eigenvalue weighted by Gasteiger charge is 2.17. The molecular formula is C14H19N. The van der Waals surface area contributed by atoms with Crippen LogP contribution in [0.25, 0.3) is 0 Å². The van der Waals surface area contributed by atoms with Gasteiger partial charge in [-0.15, -0.1) is 0 Å². The summed E-state index contributed by atoms with van der Waals surface area (Å²) >= 11 is 0. The van der Waals surface area contributed by atoms with E-state index in [2.05, 4.69) is 48.6 Å². The molecular weight excluding hydrogens is 182 g/mol. The van der Waals surface area contributed by atoms with Crippen LogP contribution in [0.3, 0.4) is 0 Å². The first-order valence-corrected chi connectivity index (χ1v) is 5.89. The molecule has 1 aromatic rings. The summed E-state index contributed by atoms with van der Waals surface area (Å²) in [5.74, 6) is 0. The van der Waals surface area contributed by atoms with Crippen molar-refractivity contribution in [3.8, 4) is 0 Å². The second-order valence-electron chi connectivity index (χ2n) is 4.07. The van der Waals surface area contributed by atoms with Crippen LogP contribution in [0, 0.1) is 0 Å². The van der Waals surface area contributed by atoms with Gasteiger partial charge in [-0.25, -0.2) is 0 Å². The van der Waals surface area contributed by atoms with Gasteiger partial charge in [0.2, 0.25) is 0 Å². The predicted octanol–water partition coefficient (Wildman–Crippen LogP) is 3.45. The molecule has 0 saturated carbocycles. The van der Waals surface area contributed by atoms with Crippen molar-refractivity contribution >= 4 is 0 Å². The molecule has 0 amide bonds. The van der Waals surface area contributed by atoms with Crippen LogP contribution in [-0.4, -0.2) is 6.54 Å². The van der Waals surface area contributed by atoms with E-state index in [0.29, 0.717) is 6.04 Å². The van der Waals surface area contributed by atoms with Crippen LogP contribution >= 0.6 is 0 Å². The van der Waals surface area contributed by atoms with Gasteiger partial charge in [0.25, 0.3) is 0 Å². The van der Waals surface area contributed by atoms with E-state index in [-0.39, 0.29) is 0 Å². The summed E-state index contributed by atoms with van der Waals surface area (Å²) in [6, 6.07) is 11.2. The molecule has 0 aromatic heterocycles. The van der Waals surface area contributed by atoms with E-state index in [4.69, 9.17) is 0 Å². The van der Waals surface area contributed by atoms with Crippen LogP contribution in [-0.2, 0) is 0 Å². The van der Waals surface area contributed by atoms with Gasteiger partial charge in [-0.1, -0.05) is 48.9 Å². The van der Waals surface area contributed by atoms with Gasteiger partial charge in [0, 0.05) is 0 Å². The maximum absolute atomic E-state index is 3.57. The molecule has 1 atom stereocenters. The molecule has 1 aromatic carbocycles. The fourth-order valence-electron chi connectivity index (χ4n) is 2.27. The van der Waals surface area contributed by atoms with Crippen molar-refractivity contribution in [2.75, 3.05) is 6.54 Å². The minimum atomic E-state index is 0.443. The van der Waals surface area contributed by atoms with Crippen molar-refractivity contribution in [3.63, 3.8) is 0 Å². The number of likely N-dealkylation sites (N-methyl/N-ethyl adjacent to an activating group) is 1. The van der Waals surface area contributed by atoms with Crippen molar-refractivity contribution in [2.24, 2.45) is 0 Å². The van der Waals surface area contributed by atoms with Gasteiger partial charge in [0.15, 0.2) is 0 Å². The van der Waals surface area contributed by atoms with Crippen molar-refractivity contribution in [1.82, 2.24) is 5.32 Å². The first kappa shape index (κ1) is 10.4. The quantitative estimate of drug-likeness (QED) is 0.736. The maximum Gasteiger partial charge on any atom is 0.0535 e. The maximum atomic E-state index is 3.57. The zero-order valence-corrected chi connectivity index (χ0v) is 9.37. The zero-order valence-electron chi connectivity index (χ0n) is 9.37. The van der Waals surface area contributed by atoms with Gasteiger partial charge in [0.1, 0.15) is 0 Å². The first-order chi connectivity index (χ1) is 7.42. The fourth-order valence-corrected chi connectivity index (χ4v) is 2.27. The SMILES string of the molecule is CCNC(C1=CCCC1)c1ccccc1.